The lowest BCUT2D eigenvalue weighted by Crippen LogP contribution is -2.11. The van der Waals surface area contributed by atoms with Gasteiger partial charge in [-0.2, -0.15) is 5.10 Å². The number of carbonyl (C=O) groups excluding carboxylic acids is 1. The number of aromatic amines is 1. The van der Waals surface area contributed by atoms with Gasteiger partial charge >= 0.3 is 0 Å². The van der Waals surface area contributed by atoms with Gasteiger partial charge in [0.1, 0.15) is 6.33 Å². The molecular formula is C12H13ClN4OS. The average Bonchev–Trinajstić information content (AvgIpc) is 2.91. The molecule has 0 aliphatic rings. The number of hydrogen-bond acceptors (Lipinski definition) is 4. The van der Waals surface area contributed by atoms with Gasteiger partial charge < -0.3 is 5.32 Å². The molecule has 0 aliphatic heterocycles. The molecule has 100 valence electrons. The molecule has 0 saturated heterocycles. The van der Waals surface area contributed by atoms with Crippen LogP contribution in [-0.4, -0.2) is 27.0 Å². The fraction of sp³-hybridized carbons (Fsp3) is 0.250. The molecule has 0 fully saturated rings. The van der Waals surface area contributed by atoms with E-state index in [0.717, 1.165) is 15.7 Å². The van der Waals surface area contributed by atoms with Gasteiger partial charge in [0.05, 0.1) is 0 Å². The van der Waals surface area contributed by atoms with Crippen molar-refractivity contribution < 1.29 is 4.79 Å². The average molecular weight is 297 g/mol. The Morgan fingerprint density at radius 2 is 2.16 bits per heavy atom. The molecule has 0 radical (unpaired) electrons. The Balaban J connectivity index is 1.89. The van der Waals surface area contributed by atoms with E-state index in [1.54, 1.807) is 0 Å². The highest BCUT2D eigenvalue weighted by molar-refractivity contribution is 7.99. The summed E-state index contributed by atoms with van der Waals surface area (Å²) in [5.74, 6) is 0.483. The molecule has 0 bridgehead atoms. The Morgan fingerprint density at radius 3 is 2.79 bits per heavy atom. The van der Waals surface area contributed by atoms with Crippen LogP contribution >= 0.6 is 23.4 Å². The predicted octanol–water partition coefficient (Wildman–Crippen LogP) is 2.91. The van der Waals surface area contributed by atoms with Gasteiger partial charge in [-0.25, -0.2) is 4.98 Å². The third-order valence-electron chi connectivity index (χ3n) is 2.28. The van der Waals surface area contributed by atoms with E-state index in [9.17, 15) is 4.79 Å². The molecule has 2 aromatic rings. The number of anilines is 1. The van der Waals surface area contributed by atoms with Crippen molar-refractivity contribution in [3.63, 3.8) is 0 Å². The molecule has 1 aromatic heterocycles. The summed E-state index contributed by atoms with van der Waals surface area (Å²) >= 11 is 7.02. The number of carbonyl (C=O) groups is 1. The van der Waals surface area contributed by atoms with Crippen molar-refractivity contribution in [3.8, 4) is 0 Å². The number of hydrogen-bond donors (Lipinski definition) is 2. The van der Waals surface area contributed by atoms with Gasteiger partial charge in [-0.15, -0.1) is 11.6 Å². The molecular weight excluding hydrogens is 284 g/mol. The van der Waals surface area contributed by atoms with Gasteiger partial charge in [0, 0.05) is 22.9 Å². The molecule has 1 amide bonds. The van der Waals surface area contributed by atoms with E-state index in [0.29, 0.717) is 18.7 Å². The largest absolute Gasteiger partial charge is 0.326 e. The number of benzene rings is 1. The second kappa shape index (κ2) is 7.16. The van der Waals surface area contributed by atoms with Crippen LogP contribution in [0.3, 0.4) is 0 Å². The van der Waals surface area contributed by atoms with E-state index in [4.69, 9.17) is 11.6 Å². The normalized spacial score (nSPS) is 10.4. The van der Waals surface area contributed by atoms with Crippen LogP contribution in [0.5, 0.6) is 0 Å². The number of aromatic nitrogens is 3. The Kier molecular flexibility index (Phi) is 5.23. The molecule has 0 saturated carbocycles. The topological polar surface area (TPSA) is 70.7 Å². The molecule has 7 heteroatoms. The quantitative estimate of drug-likeness (QED) is 0.804. The van der Waals surface area contributed by atoms with Crippen LogP contribution in [0.1, 0.15) is 12.8 Å². The van der Waals surface area contributed by atoms with Crippen LogP contribution in [0.2, 0.25) is 0 Å². The van der Waals surface area contributed by atoms with Crippen molar-refractivity contribution >= 4 is 35.0 Å². The minimum Gasteiger partial charge on any atom is -0.326 e. The van der Waals surface area contributed by atoms with Crippen molar-refractivity contribution in [1.82, 2.24) is 15.2 Å². The third kappa shape index (κ3) is 4.57. The first-order valence-electron chi connectivity index (χ1n) is 5.77. The summed E-state index contributed by atoms with van der Waals surface area (Å²) in [4.78, 5) is 16.6. The molecule has 2 rings (SSSR count). The number of rotatable bonds is 6. The van der Waals surface area contributed by atoms with Crippen LogP contribution in [0.15, 0.2) is 40.6 Å². The monoisotopic (exact) mass is 296 g/mol. The van der Waals surface area contributed by atoms with Crippen LogP contribution in [-0.2, 0) is 4.79 Å². The van der Waals surface area contributed by atoms with E-state index in [2.05, 4.69) is 20.5 Å². The molecule has 0 spiro atoms. The van der Waals surface area contributed by atoms with Crippen molar-refractivity contribution in [2.45, 2.75) is 22.9 Å². The summed E-state index contributed by atoms with van der Waals surface area (Å²) in [5.41, 5.74) is 0.779. The smallest absolute Gasteiger partial charge is 0.224 e. The van der Waals surface area contributed by atoms with E-state index < -0.39 is 0 Å². The molecule has 1 aromatic carbocycles. The maximum absolute atomic E-state index is 11.5. The van der Waals surface area contributed by atoms with E-state index in [1.807, 2.05) is 24.3 Å². The molecule has 0 aliphatic carbocycles. The second-order valence-corrected chi connectivity index (χ2v) is 5.20. The highest BCUT2D eigenvalue weighted by Crippen LogP contribution is 2.25. The standard InChI is InChI=1S/C12H13ClN4OS/c13-7-1-2-11(18)16-9-3-5-10(6-4-9)19-12-14-8-15-17-12/h3-6,8H,1-2,7H2,(H,16,18)(H,14,15,17). The Morgan fingerprint density at radius 1 is 1.37 bits per heavy atom. The fourth-order valence-electron chi connectivity index (χ4n) is 1.41. The highest BCUT2D eigenvalue weighted by atomic mass is 35.5. The van der Waals surface area contributed by atoms with Gasteiger partial charge in [0.15, 0.2) is 5.16 Å². The number of nitrogens with one attached hydrogen (secondary N) is 2. The summed E-state index contributed by atoms with van der Waals surface area (Å²) < 4.78 is 0. The molecule has 0 unspecified atom stereocenters. The van der Waals surface area contributed by atoms with Crippen LogP contribution in [0.25, 0.3) is 0 Å². The molecule has 1 heterocycles. The van der Waals surface area contributed by atoms with Gasteiger partial charge in [-0.3, -0.25) is 9.89 Å². The predicted molar refractivity (Wildman–Crippen MR) is 75.5 cm³/mol. The fourth-order valence-corrected chi connectivity index (χ4v) is 2.24. The van der Waals surface area contributed by atoms with Gasteiger partial charge in [-0.1, -0.05) is 11.8 Å². The molecule has 0 atom stereocenters. The SMILES string of the molecule is O=C(CCCCl)Nc1ccc(Sc2ncn[nH]2)cc1. The van der Waals surface area contributed by atoms with Gasteiger partial charge in [-0.05, 0) is 30.7 Å². The zero-order valence-electron chi connectivity index (χ0n) is 10.1. The molecule has 5 nitrogen and oxygen atoms in total. The van der Waals surface area contributed by atoms with E-state index >= 15 is 0 Å². The van der Waals surface area contributed by atoms with E-state index in [1.165, 1.54) is 18.1 Å². The Labute approximate surface area is 120 Å². The lowest BCUT2D eigenvalue weighted by molar-refractivity contribution is -0.116. The van der Waals surface area contributed by atoms with Crippen molar-refractivity contribution in [1.29, 1.82) is 0 Å². The van der Waals surface area contributed by atoms with Crippen molar-refractivity contribution in [3.05, 3.63) is 30.6 Å². The first kappa shape index (κ1) is 13.9. The van der Waals surface area contributed by atoms with Crippen LogP contribution in [0.4, 0.5) is 5.69 Å². The minimum absolute atomic E-state index is 0.0173. The number of nitrogens with zero attached hydrogens (tertiary/aromatic N) is 2. The minimum atomic E-state index is -0.0173. The Bertz CT molecular complexity index is 515. The first-order valence-corrected chi connectivity index (χ1v) is 7.12. The lowest BCUT2D eigenvalue weighted by atomic mass is 10.3. The maximum Gasteiger partial charge on any atom is 0.224 e. The number of alkyl halides is 1. The summed E-state index contributed by atoms with van der Waals surface area (Å²) in [5, 5.41) is 10.1. The first-order chi connectivity index (χ1) is 9.28. The summed E-state index contributed by atoms with van der Waals surface area (Å²) in [6, 6.07) is 7.56. The van der Waals surface area contributed by atoms with Crippen LogP contribution < -0.4 is 5.32 Å². The lowest BCUT2D eigenvalue weighted by Gasteiger charge is -2.05. The van der Waals surface area contributed by atoms with Crippen LogP contribution in [0, 0.1) is 0 Å². The van der Waals surface area contributed by atoms with Crippen molar-refractivity contribution in [2.24, 2.45) is 0 Å². The third-order valence-corrected chi connectivity index (χ3v) is 3.45. The second-order valence-electron chi connectivity index (χ2n) is 3.76. The highest BCUT2D eigenvalue weighted by Gasteiger charge is 2.03. The molecule has 19 heavy (non-hydrogen) atoms. The van der Waals surface area contributed by atoms with Gasteiger partial charge in [0.25, 0.3) is 0 Å². The summed E-state index contributed by atoms with van der Waals surface area (Å²) in [6.45, 7) is 0. The molecule has 2 N–H and O–H groups in total. The zero-order chi connectivity index (χ0) is 13.5. The Hall–Kier alpha value is -1.53. The number of H-pyrrole nitrogens is 1. The summed E-state index contributed by atoms with van der Waals surface area (Å²) in [7, 11) is 0. The van der Waals surface area contributed by atoms with E-state index in [-0.39, 0.29) is 5.91 Å². The zero-order valence-corrected chi connectivity index (χ0v) is 11.7. The maximum atomic E-state index is 11.5. The number of amides is 1. The summed E-state index contributed by atoms with van der Waals surface area (Å²) in [6.07, 6.45) is 2.60. The van der Waals surface area contributed by atoms with Gasteiger partial charge in [0.2, 0.25) is 5.91 Å². The number of halogens is 1. The van der Waals surface area contributed by atoms with Crippen molar-refractivity contribution in [2.75, 3.05) is 11.2 Å².